The molecule has 0 spiro atoms. The Morgan fingerprint density at radius 3 is 2.00 bits per heavy atom. The van der Waals surface area contributed by atoms with Gasteiger partial charge in [0.05, 0.1) is 5.56 Å². The van der Waals surface area contributed by atoms with Gasteiger partial charge in [-0.3, -0.25) is 4.98 Å². The van der Waals surface area contributed by atoms with Crippen LogP contribution in [-0.2, 0) is 6.18 Å². The third kappa shape index (κ3) is 5.07. The van der Waals surface area contributed by atoms with Crippen molar-refractivity contribution in [2.75, 3.05) is 0 Å². The van der Waals surface area contributed by atoms with E-state index in [4.69, 9.17) is 0 Å². The number of rotatable bonds is 0. The van der Waals surface area contributed by atoms with Crippen molar-refractivity contribution >= 4 is 0 Å². The molecule has 1 aromatic carbocycles. The van der Waals surface area contributed by atoms with Crippen molar-refractivity contribution in [2.45, 2.75) is 20.0 Å². The lowest BCUT2D eigenvalue weighted by Gasteiger charge is -2.05. The first kappa shape index (κ1) is 15.1. The maximum Gasteiger partial charge on any atom is 0.416 e. The average molecular weight is 271 g/mol. The molecule has 0 bridgehead atoms. The van der Waals surface area contributed by atoms with Gasteiger partial charge in [-0.2, -0.15) is 13.2 Å². The van der Waals surface area contributed by atoms with E-state index >= 15 is 0 Å². The summed E-state index contributed by atoms with van der Waals surface area (Å²) in [5.74, 6) is -0.132. The van der Waals surface area contributed by atoms with Gasteiger partial charge in [0.1, 0.15) is 5.82 Å². The highest BCUT2D eigenvalue weighted by atomic mass is 19.4. The second-order valence-electron chi connectivity index (χ2n) is 3.93. The van der Waals surface area contributed by atoms with E-state index in [0.29, 0.717) is 11.3 Å². The zero-order chi connectivity index (χ0) is 14.5. The van der Waals surface area contributed by atoms with Crippen LogP contribution in [0.5, 0.6) is 0 Å². The van der Waals surface area contributed by atoms with Crippen molar-refractivity contribution in [1.29, 1.82) is 0 Å². The molecule has 2 rings (SSSR count). The number of nitrogens with zero attached hydrogens (tertiary/aromatic N) is 1. The van der Waals surface area contributed by atoms with Crippen LogP contribution in [0.3, 0.4) is 0 Å². The van der Waals surface area contributed by atoms with Gasteiger partial charge in [-0.1, -0.05) is 18.2 Å². The summed E-state index contributed by atoms with van der Waals surface area (Å²) in [4.78, 5) is 3.65. The van der Waals surface area contributed by atoms with Gasteiger partial charge in [0.25, 0.3) is 0 Å². The standard InChI is InChI=1S/C7H6F3N.C7H7F/c1-5-4-6(2-3-11-5)7(8,9)10;1-6-4-2-3-5-7(6)8/h2-4H,1H3;2-5H,1H3. The predicted molar refractivity (Wildman–Crippen MR) is 65.1 cm³/mol. The summed E-state index contributed by atoms with van der Waals surface area (Å²) in [6.07, 6.45) is -3.11. The Morgan fingerprint density at radius 2 is 1.63 bits per heavy atom. The Balaban J connectivity index is 0.000000200. The molecule has 1 aromatic heterocycles. The molecule has 5 heteroatoms. The summed E-state index contributed by atoms with van der Waals surface area (Å²) in [5.41, 5.74) is 0.428. The van der Waals surface area contributed by atoms with Gasteiger partial charge < -0.3 is 0 Å². The number of halogens is 4. The monoisotopic (exact) mass is 271 g/mol. The maximum atomic E-state index is 12.3. The predicted octanol–water partition coefficient (Wildman–Crippen LogP) is 4.54. The normalized spacial score (nSPS) is 10.6. The van der Waals surface area contributed by atoms with Crippen LogP contribution >= 0.6 is 0 Å². The molecule has 0 aliphatic carbocycles. The molecule has 0 saturated carbocycles. The molecule has 1 nitrogen and oxygen atoms in total. The lowest BCUT2D eigenvalue weighted by Crippen LogP contribution is -2.05. The summed E-state index contributed by atoms with van der Waals surface area (Å²) < 4.78 is 48.1. The lowest BCUT2D eigenvalue weighted by atomic mass is 10.2. The molecule has 0 N–H and O–H groups in total. The zero-order valence-electron chi connectivity index (χ0n) is 10.5. The third-order valence-electron chi connectivity index (χ3n) is 2.30. The van der Waals surface area contributed by atoms with E-state index in [2.05, 4.69) is 4.98 Å². The molecule has 0 fully saturated rings. The van der Waals surface area contributed by atoms with Gasteiger partial charge in [0.2, 0.25) is 0 Å². The van der Waals surface area contributed by atoms with Crippen LogP contribution in [0.15, 0.2) is 42.6 Å². The first-order valence-electron chi connectivity index (χ1n) is 5.51. The van der Waals surface area contributed by atoms with Crippen LogP contribution in [0, 0.1) is 19.7 Å². The zero-order valence-corrected chi connectivity index (χ0v) is 10.5. The van der Waals surface area contributed by atoms with Crippen molar-refractivity contribution < 1.29 is 17.6 Å². The van der Waals surface area contributed by atoms with Crippen LogP contribution in [-0.4, -0.2) is 4.98 Å². The highest BCUT2D eigenvalue weighted by Crippen LogP contribution is 2.28. The number of aromatic nitrogens is 1. The Bertz CT molecular complexity index is 514. The van der Waals surface area contributed by atoms with Crippen LogP contribution < -0.4 is 0 Å². The summed E-state index contributed by atoms with van der Waals surface area (Å²) >= 11 is 0. The molecular formula is C14H13F4N. The average Bonchev–Trinajstić information content (AvgIpc) is 2.33. The number of aryl methyl sites for hydroxylation is 2. The van der Waals surface area contributed by atoms with E-state index < -0.39 is 11.7 Å². The fraction of sp³-hybridized carbons (Fsp3) is 0.214. The third-order valence-corrected chi connectivity index (χ3v) is 2.30. The lowest BCUT2D eigenvalue weighted by molar-refractivity contribution is -0.137. The first-order chi connectivity index (χ1) is 8.80. The number of benzene rings is 1. The molecule has 19 heavy (non-hydrogen) atoms. The smallest absolute Gasteiger partial charge is 0.262 e. The van der Waals surface area contributed by atoms with Crippen molar-refractivity contribution in [3.63, 3.8) is 0 Å². The SMILES string of the molecule is Cc1cc(C(F)(F)F)ccn1.Cc1ccccc1F. The number of hydrogen-bond donors (Lipinski definition) is 0. The quantitative estimate of drug-likeness (QED) is 0.641. The van der Waals surface area contributed by atoms with E-state index in [9.17, 15) is 17.6 Å². The maximum absolute atomic E-state index is 12.3. The van der Waals surface area contributed by atoms with Crippen molar-refractivity contribution in [3.8, 4) is 0 Å². The molecule has 0 atom stereocenters. The Morgan fingerprint density at radius 1 is 1.00 bits per heavy atom. The molecule has 102 valence electrons. The van der Waals surface area contributed by atoms with E-state index in [1.165, 1.54) is 13.0 Å². The minimum absolute atomic E-state index is 0.132. The molecule has 1 heterocycles. The molecule has 0 unspecified atom stereocenters. The number of pyridine rings is 1. The largest absolute Gasteiger partial charge is 0.416 e. The second-order valence-corrected chi connectivity index (χ2v) is 3.93. The topological polar surface area (TPSA) is 12.9 Å². The van der Waals surface area contributed by atoms with Gasteiger partial charge in [0, 0.05) is 11.9 Å². The van der Waals surface area contributed by atoms with Crippen molar-refractivity contribution in [1.82, 2.24) is 4.98 Å². The van der Waals surface area contributed by atoms with E-state index in [-0.39, 0.29) is 5.82 Å². The summed E-state index contributed by atoms with van der Waals surface area (Å²) in [6, 6.07) is 8.67. The Kier molecular flexibility index (Phi) is 5.03. The minimum atomic E-state index is -4.26. The van der Waals surface area contributed by atoms with Crippen LogP contribution in [0.1, 0.15) is 16.8 Å². The van der Waals surface area contributed by atoms with Gasteiger partial charge in [-0.25, -0.2) is 4.39 Å². The van der Waals surface area contributed by atoms with E-state index in [1.807, 2.05) is 6.07 Å². The van der Waals surface area contributed by atoms with Gasteiger partial charge in [0.15, 0.2) is 0 Å². The van der Waals surface area contributed by atoms with Gasteiger partial charge >= 0.3 is 6.18 Å². The molecule has 0 amide bonds. The van der Waals surface area contributed by atoms with Crippen molar-refractivity contribution in [3.05, 3.63) is 65.2 Å². The second kappa shape index (κ2) is 6.31. The molecular weight excluding hydrogens is 258 g/mol. The van der Waals surface area contributed by atoms with Crippen LogP contribution in [0.2, 0.25) is 0 Å². The van der Waals surface area contributed by atoms with E-state index in [1.54, 1.807) is 19.1 Å². The fourth-order valence-electron chi connectivity index (χ4n) is 1.27. The molecule has 2 aromatic rings. The highest BCUT2D eigenvalue weighted by molar-refractivity contribution is 5.18. The Labute approximate surface area is 108 Å². The first-order valence-corrected chi connectivity index (χ1v) is 5.51. The molecule has 0 aliphatic rings. The molecule has 0 saturated heterocycles. The minimum Gasteiger partial charge on any atom is -0.262 e. The number of alkyl halides is 3. The van der Waals surface area contributed by atoms with Gasteiger partial charge in [-0.05, 0) is 37.6 Å². The highest BCUT2D eigenvalue weighted by Gasteiger charge is 2.30. The van der Waals surface area contributed by atoms with Gasteiger partial charge in [-0.15, -0.1) is 0 Å². The summed E-state index contributed by atoms with van der Waals surface area (Å²) in [7, 11) is 0. The summed E-state index contributed by atoms with van der Waals surface area (Å²) in [6.45, 7) is 3.27. The van der Waals surface area contributed by atoms with Crippen LogP contribution in [0.4, 0.5) is 17.6 Å². The van der Waals surface area contributed by atoms with Crippen molar-refractivity contribution in [2.24, 2.45) is 0 Å². The fourth-order valence-corrected chi connectivity index (χ4v) is 1.27. The Hall–Kier alpha value is -1.91. The summed E-state index contributed by atoms with van der Waals surface area (Å²) in [5, 5.41) is 0. The van der Waals surface area contributed by atoms with E-state index in [0.717, 1.165) is 18.3 Å². The molecule has 0 radical (unpaired) electrons. The number of hydrogen-bond acceptors (Lipinski definition) is 1. The van der Waals surface area contributed by atoms with Crippen LogP contribution in [0.25, 0.3) is 0 Å². The molecule has 0 aliphatic heterocycles.